The average molecular weight is 1570 g/mol. The topological polar surface area (TPSA) is 19.7 Å². The van der Waals surface area contributed by atoms with Crippen LogP contribution >= 0.6 is 0 Å². The van der Waals surface area contributed by atoms with Crippen molar-refractivity contribution in [3.8, 4) is 123 Å². The van der Waals surface area contributed by atoms with Gasteiger partial charge in [0.05, 0.1) is 44.1 Å². The average Bonchev–Trinajstić information content (AvgIpc) is 1.53. The Bertz CT molecular complexity index is 9210. The molecular weight excluding hydrogens is 1500 g/mol. The van der Waals surface area contributed by atoms with Gasteiger partial charge in [0.2, 0.25) is 0 Å². The van der Waals surface area contributed by atoms with Crippen molar-refractivity contribution in [2.24, 2.45) is 0 Å². The highest BCUT2D eigenvalue weighted by atomic mass is 15.0. The lowest BCUT2D eigenvalue weighted by Crippen LogP contribution is -1.96. The maximum Gasteiger partial charge on any atom is 0.0625 e. The molecule has 0 aliphatic heterocycles. The second kappa shape index (κ2) is 25.6. The summed E-state index contributed by atoms with van der Waals surface area (Å²) in [6, 6.07) is 160. The summed E-state index contributed by atoms with van der Waals surface area (Å²) in [6.45, 7) is 0. The molecule has 0 saturated heterocycles. The molecule has 4 heterocycles. The zero-order valence-electron chi connectivity index (χ0n) is 67.2. The van der Waals surface area contributed by atoms with Crippen molar-refractivity contribution in [2.75, 3.05) is 0 Å². The molecule has 26 aromatic rings. The van der Waals surface area contributed by atoms with Gasteiger partial charge in [0, 0.05) is 76.6 Å². The Morgan fingerprint density at radius 2 is 0.508 bits per heavy atom. The fourth-order valence-electron chi connectivity index (χ4n) is 22.2. The molecule has 0 bridgehead atoms. The van der Waals surface area contributed by atoms with Gasteiger partial charge in [-0.25, -0.2) is 0 Å². The summed E-state index contributed by atoms with van der Waals surface area (Å²) in [7, 11) is 0. The van der Waals surface area contributed by atoms with Crippen molar-refractivity contribution in [3.63, 3.8) is 0 Å². The number of nitrogens with zero attached hydrogens (tertiary/aromatic N) is 4. The van der Waals surface area contributed by atoms with Crippen molar-refractivity contribution < 1.29 is 0 Å². The van der Waals surface area contributed by atoms with Crippen molar-refractivity contribution in [2.45, 2.75) is 0 Å². The van der Waals surface area contributed by atoms with Crippen LogP contribution in [0.4, 0.5) is 0 Å². The van der Waals surface area contributed by atoms with E-state index in [0.717, 1.165) is 39.4 Å². The first kappa shape index (κ1) is 67.5. The van der Waals surface area contributed by atoms with Gasteiger partial charge in [0.15, 0.2) is 0 Å². The van der Waals surface area contributed by atoms with Gasteiger partial charge in [-0.2, -0.15) is 0 Å². The minimum Gasteiger partial charge on any atom is -0.309 e. The van der Waals surface area contributed by atoms with Crippen LogP contribution in [0.2, 0.25) is 0 Å². The predicted molar refractivity (Wildman–Crippen MR) is 525 cm³/mol. The summed E-state index contributed by atoms with van der Waals surface area (Å²) < 4.78 is 9.95. The van der Waals surface area contributed by atoms with E-state index in [1.165, 1.54) is 235 Å². The van der Waals surface area contributed by atoms with E-state index in [1.807, 2.05) is 0 Å². The maximum atomic E-state index is 2.59. The molecule has 4 nitrogen and oxygen atoms in total. The van der Waals surface area contributed by atoms with Gasteiger partial charge in [-0.15, -0.1) is 0 Å². The molecule has 0 saturated carbocycles. The van der Waals surface area contributed by atoms with Gasteiger partial charge in [-0.05, 0) is 269 Å². The second-order valence-corrected chi connectivity index (χ2v) is 34.1. The Labute approximate surface area is 712 Å². The second-order valence-electron chi connectivity index (χ2n) is 34.1. The summed E-state index contributed by atoms with van der Waals surface area (Å²) in [6.07, 6.45) is 0. The zero-order chi connectivity index (χ0) is 80.7. The molecule has 0 fully saturated rings. The molecule has 4 aromatic heterocycles. The van der Waals surface area contributed by atoms with Crippen LogP contribution in [0.15, 0.2) is 425 Å². The van der Waals surface area contributed by atoms with E-state index in [4.69, 9.17) is 0 Å². The number of aromatic nitrogens is 4. The highest BCUT2D eigenvalue weighted by Gasteiger charge is 2.29. The van der Waals surface area contributed by atoms with Crippen molar-refractivity contribution in [1.82, 2.24) is 18.3 Å². The SMILES string of the molecule is c1ccc(-n2c3ccccc3c3ccc(-c4ccc5c6c(-c7ccc8c(c7)-c7ccc(-c9ccc%10ccc(-n%11c%12ccccc%12c%12ccc(-c%13ccc%14c(c%13)c%13ccc%15ccccc%15c%13n%14-c%13ccccc%13)cc%12%11)cc%10c9)c9cccc-8c79)cc7ccccc7c6n(-c6ccc7cc(-c8ccc9c%10c(cccc8%10)-c8ccccc8-9)ccc7c6)c5c4)cc32)cc1. The number of para-hydroxylation sites is 4. The Balaban J connectivity index is 0.572. The highest BCUT2D eigenvalue weighted by molar-refractivity contribution is 6.27. The van der Waals surface area contributed by atoms with Crippen molar-refractivity contribution in [1.29, 1.82) is 0 Å². The first-order valence-corrected chi connectivity index (χ1v) is 43.1. The Morgan fingerprint density at radius 3 is 1.18 bits per heavy atom. The van der Waals surface area contributed by atoms with Crippen LogP contribution in [0.3, 0.4) is 0 Å². The van der Waals surface area contributed by atoms with E-state index in [1.54, 1.807) is 0 Å². The lowest BCUT2D eigenvalue weighted by Gasteiger charge is -2.15. The molecule has 2 aliphatic rings. The quantitative estimate of drug-likeness (QED) is 0.137. The monoisotopic (exact) mass is 1570 g/mol. The molecule has 124 heavy (non-hydrogen) atoms. The summed E-state index contributed by atoms with van der Waals surface area (Å²) >= 11 is 0. The highest BCUT2D eigenvalue weighted by Crippen LogP contribution is 2.55. The first-order valence-electron chi connectivity index (χ1n) is 43.1. The summed E-state index contributed by atoms with van der Waals surface area (Å²) in [4.78, 5) is 0. The zero-order valence-corrected chi connectivity index (χ0v) is 67.2. The van der Waals surface area contributed by atoms with Crippen LogP contribution in [0.25, 0.3) is 275 Å². The van der Waals surface area contributed by atoms with Crippen LogP contribution in [0.1, 0.15) is 0 Å². The normalized spacial score (nSPS) is 12.4. The van der Waals surface area contributed by atoms with Crippen molar-refractivity contribution >= 4 is 152 Å². The molecule has 0 N–H and O–H groups in total. The standard InChI is InChI=1S/C120H70N4/c1-3-21-84(22-4-1)121-110-35-15-13-29-95(110)97-53-45-77(69-113(97)121)78-46-55-106-115(70-78)124(87-50-42-73-61-80(40-38-74(73)63-87)88-56-58-103-93-28-12-11-27-92(93)101-33-17-31-99(88)116(101)103)120-91-26-10-8-20-79(91)66-107(118(106)120)82-47-51-94-102-34-18-32-100-89(57-59-104(117(100)102)108(94)67-82)81-39-37-71-41-49-86(64-83(71)62-81)122-111-36-16-14-30-96(111)98-52-44-76(68-114(98)122)75-48-60-112-109(65-75)105-54-43-72-19-7-9-25-90(72)119(105)123(112)85-23-5-2-6-24-85/h1-70H. The first-order chi connectivity index (χ1) is 61.5. The van der Waals surface area contributed by atoms with Crippen LogP contribution in [0, 0.1) is 0 Å². The van der Waals surface area contributed by atoms with E-state index in [2.05, 4.69) is 443 Å². The number of benzene rings is 22. The van der Waals surface area contributed by atoms with Gasteiger partial charge in [-0.1, -0.05) is 309 Å². The molecular formula is C120H70N4. The molecule has 28 rings (SSSR count). The van der Waals surface area contributed by atoms with E-state index in [0.29, 0.717) is 0 Å². The van der Waals surface area contributed by atoms with Gasteiger partial charge in [0.25, 0.3) is 0 Å². The maximum absolute atomic E-state index is 2.59. The summed E-state index contributed by atoms with van der Waals surface area (Å²) in [5.41, 5.74) is 36.3. The van der Waals surface area contributed by atoms with Crippen LogP contribution < -0.4 is 0 Å². The molecule has 22 aromatic carbocycles. The number of rotatable bonds is 9. The number of hydrogen-bond donors (Lipinski definition) is 0. The molecule has 2 aliphatic carbocycles. The van der Waals surface area contributed by atoms with Crippen LogP contribution in [-0.4, -0.2) is 18.3 Å². The lowest BCUT2D eigenvalue weighted by atomic mass is 9.91. The van der Waals surface area contributed by atoms with E-state index >= 15 is 0 Å². The van der Waals surface area contributed by atoms with Gasteiger partial charge >= 0.3 is 0 Å². The van der Waals surface area contributed by atoms with Crippen molar-refractivity contribution in [3.05, 3.63) is 425 Å². The molecule has 570 valence electrons. The third kappa shape index (κ3) is 9.62. The minimum atomic E-state index is 1.11. The summed E-state index contributed by atoms with van der Waals surface area (Å²) in [5.74, 6) is 0. The molecule has 0 atom stereocenters. The van der Waals surface area contributed by atoms with E-state index in [-0.39, 0.29) is 0 Å². The van der Waals surface area contributed by atoms with E-state index < -0.39 is 0 Å². The summed E-state index contributed by atoms with van der Waals surface area (Å²) in [5, 5.41) is 24.7. The Morgan fingerprint density at radius 1 is 0.121 bits per heavy atom. The number of hydrogen-bond acceptors (Lipinski definition) is 0. The molecule has 0 unspecified atom stereocenters. The minimum absolute atomic E-state index is 1.11. The fourth-order valence-corrected chi connectivity index (χ4v) is 22.2. The van der Waals surface area contributed by atoms with Gasteiger partial charge in [0.1, 0.15) is 0 Å². The Kier molecular flexibility index (Phi) is 13.9. The smallest absolute Gasteiger partial charge is 0.0625 e. The van der Waals surface area contributed by atoms with Gasteiger partial charge < -0.3 is 18.3 Å². The van der Waals surface area contributed by atoms with Gasteiger partial charge in [-0.3, -0.25) is 0 Å². The van der Waals surface area contributed by atoms with Crippen LogP contribution in [-0.2, 0) is 0 Å². The largest absolute Gasteiger partial charge is 0.309 e. The lowest BCUT2D eigenvalue weighted by molar-refractivity contribution is 1.18. The Hall–Kier alpha value is -16.4. The fraction of sp³-hybridized carbons (Fsp3) is 0. The third-order valence-electron chi connectivity index (χ3n) is 27.7. The van der Waals surface area contributed by atoms with Crippen LogP contribution in [0.5, 0.6) is 0 Å². The molecule has 4 heteroatoms. The van der Waals surface area contributed by atoms with E-state index in [9.17, 15) is 0 Å². The molecule has 0 amide bonds. The molecule has 0 spiro atoms. The predicted octanol–water partition coefficient (Wildman–Crippen LogP) is 32.6. The molecule has 0 radical (unpaired) electrons. The number of fused-ring (bicyclic) bond motifs is 24. The third-order valence-corrected chi connectivity index (χ3v) is 27.7.